The molecule has 0 heterocycles. The fraction of sp³-hybridized carbons (Fsp3) is 0.647. The monoisotopic (exact) mass is 1110 g/mol. The van der Waals surface area contributed by atoms with Crippen LogP contribution in [0.1, 0.15) is 303 Å². The van der Waals surface area contributed by atoms with Gasteiger partial charge in [0.1, 0.15) is 0 Å². The van der Waals surface area contributed by atoms with Gasteiger partial charge in [-0.25, -0.2) is 28.8 Å². The van der Waals surface area contributed by atoms with Crippen molar-refractivity contribution in [3.8, 4) is 0 Å². The molecule has 0 atom stereocenters. The molecule has 450 valence electrons. The van der Waals surface area contributed by atoms with Crippen LogP contribution in [0, 0.1) is 11.8 Å². The van der Waals surface area contributed by atoms with Crippen molar-refractivity contribution in [2.45, 2.75) is 241 Å². The quantitative estimate of drug-likeness (QED) is 0.0324. The van der Waals surface area contributed by atoms with Crippen LogP contribution in [0.15, 0.2) is 72.8 Å². The van der Waals surface area contributed by atoms with Crippen molar-refractivity contribution < 1.29 is 57.6 Å². The number of carboxylic acid groups (broad SMARTS) is 1. The fourth-order valence-electron chi connectivity index (χ4n) is 8.76. The van der Waals surface area contributed by atoms with E-state index in [1.807, 2.05) is 0 Å². The highest BCUT2D eigenvalue weighted by Crippen LogP contribution is 2.18. The normalized spacial score (nSPS) is 10.8. The van der Waals surface area contributed by atoms with Crippen molar-refractivity contribution in [3.63, 3.8) is 0 Å². The number of carbonyl (C=O) groups is 6. The molecule has 0 amide bonds. The lowest BCUT2D eigenvalue weighted by Crippen LogP contribution is -2.15. The van der Waals surface area contributed by atoms with Crippen molar-refractivity contribution in [2.75, 3.05) is 33.0 Å². The number of ether oxygens (including phenoxy) is 5. The van der Waals surface area contributed by atoms with Crippen molar-refractivity contribution in [1.82, 2.24) is 0 Å². The highest BCUT2D eigenvalue weighted by Gasteiger charge is 2.21. The minimum Gasteiger partial charge on any atom is -0.478 e. The molecule has 1 N–H and O–H groups in total. The Morgan fingerprint density at radius 2 is 0.487 bits per heavy atom. The Labute approximate surface area is 483 Å². The molecule has 3 rings (SSSR count). The fourth-order valence-corrected chi connectivity index (χ4v) is 8.76. The molecule has 12 nitrogen and oxygen atoms in total. The summed E-state index contributed by atoms with van der Waals surface area (Å²) in [6, 6.07) is 19.6. The average Bonchev–Trinajstić information content (AvgIpc) is 3.49. The zero-order valence-electron chi connectivity index (χ0n) is 50.8. The largest absolute Gasteiger partial charge is 0.478 e. The van der Waals surface area contributed by atoms with E-state index in [9.17, 15) is 28.8 Å². The van der Waals surface area contributed by atoms with E-state index in [-0.39, 0.29) is 11.1 Å². The highest BCUT2D eigenvalue weighted by molar-refractivity contribution is 6.04. The molecule has 0 bridgehead atoms. The molecule has 0 radical (unpaired) electrons. The van der Waals surface area contributed by atoms with Crippen molar-refractivity contribution >= 4 is 35.8 Å². The second kappa shape index (κ2) is 49.3. The molecule has 0 fully saturated rings. The van der Waals surface area contributed by atoms with Crippen LogP contribution in [-0.2, 0) is 23.7 Å². The van der Waals surface area contributed by atoms with Crippen LogP contribution in [0.3, 0.4) is 0 Å². The van der Waals surface area contributed by atoms with Crippen LogP contribution < -0.4 is 0 Å². The maximum absolute atomic E-state index is 12.4. The molecule has 12 heteroatoms. The predicted octanol–water partition coefficient (Wildman–Crippen LogP) is 18.6. The summed E-state index contributed by atoms with van der Waals surface area (Å²) in [5.74, 6) is -1.97. The van der Waals surface area contributed by atoms with Gasteiger partial charge in [-0.15, -0.1) is 0 Å². The van der Waals surface area contributed by atoms with E-state index < -0.39 is 35.8 Å². The molecule has 3 aromatic carbocycles. The van der Waals surface area contributed by atoms with Crippen molar-refractivity contribution in [3.05, 3.63) is 106 Å². The van der Waals surface area contributed by atoms with E-state index >= 15 is 0 Å². The summed E-state index contributed by atoms with van der Waals surface area (Å²) >= 11 is 0. The topological polar surface area (TPSA) is 169 Å². The number of hydrogen-bond acceptors (Lipinski definition) is 11. The molecule has 0 unspecified atom stereocenters. The van der Waals surface area contributed by atoms with Gasteiger partial charge in [0.25, 0.3) is 0 Å². The number of rotatable bonds is 43. The van der Waals surface area contributed by atoms with E-state index in [0.29, 0.717) is 55.3 Å². The number of aromatic carboxylic acids is 1. The van der Waals surface area contributed by atoms with Crippen LogP contribution in [0.2, 0.25) is 0 Å². The maximum atomic E-state index is 12.4. The summed E-state index contributed by atoms with van der Waals surface area (Å²) in [4.78, 5) is 72.5. The van der Waals surface area contributed by atoms with Gasteiger partial charge in [-0.05, 0) is 80.3 Å². The van der Waals surface area contributed by atoms with E-state index in [1.54, 1.807) is 60.7 Å². The summed E-state index contributed by atoms with van der Waals surface area (Å²) in [7, 11) is 0. The van der Waals surface area contributed by atoms with E-state index in [0.717, 1.165) is 95.3 Å². The molecule has 0 aliphatic carbocycles. The summed E-state index contributed by atoms with van der Waals surface area (Å²) in [6.07, 6.45) is 34.1. The third-order valence-corrected chi connectivity index (χ3v) is 13.6. The van der Waals surface area contributed by atoms with Crippen LogP contribution in [0.25, 0.3) is 0 Å². The first-order chi connectivity index (χ1) is 38.8. The molecular formula is C68H106O12. The van der Waals surface area contributed by atoms with Crippen molar-refractivity contribution in [2.24, 2.45) is 11.8 Å². The number of carbonyl (C=O) groups excluding carboxylic acids is 5. The number of hydrogen-bond donors (Lipinski definition) is 1. The van der Waals surface area contributed by atoms with Gasteiger partial charge in [0.15, 0.2) is 0 Å². The van der Waals surface area contributed by atoms with Crippen LogP contribution in [0.4, 0.5) is 0 Å². The van der Waals surface area contributed by atoms with Gasteiger partial charge < -0.3 is 28.8 Å². The second-order valence-corrected chi connectivity index (χ2v) is 21.8. The Kier molecular flexibility index (Phi) is 44.7. The lowest BCUT2D eigenvalue weighted by Gasteiger charge is -2.10. The SMILES string of the molecule is CC(C)CCCCCCOC(=O)c1ccccc1C(=O)OCCCCCCC(C)C.CCCCCCCCCCOC(=O)c1ccccc1C(=O)O.CCCCCCCCOC(=O)c1ccccc1C(=O)OCCCCCCCC. The first-order valence-corrected chi connectivity index (χ1v) is 31.1. The summed E-state index contributed by atoms with van der Waals surface area (Å²) < 4.78 is 26.7. The molecule has 0 aliphatic rings. The number of carboxylic acids is 1. The van der Waals surface area contributed by atoms with Gasteiger partial charge in [-0.3, -0.25) is 0 Å². The van der Waals surface area contributed by atoms with Gasteiger partial charge in [0.05, 0.1) is 66.4 Å². The molecule has 0 spiro atoms. The van der Waals surface area contributed by atoms with Crippen LogP contribution in [-0.4, -0.2) is 74.0 Å². The van der Waals surface area contributed by atoms with Gasteiger partial charge in [0.2, 0.25) is 0 Å². The summed E-state index contributed by atoms with van der Waals surface area (Å²) in [5.41, 5.74) is 1.28. The van der Waals surface area contributed by atoms with E-state index in [1.165, 1.54) is 121 Å². The second-order valence-electron chi connectivity index (χ2n) is 21.8. The standard InChI is InChI=1S/C26H42O4.C24H38O4.C18H26O4/c1-21(2)15-9-5-7-13-19-29-25(27)23-17-11-12-18-24(23)26(28)30-20-14-8-6-10-16-22(3)4;1-3-5-7-9-11-15-19-27-23(25)21-17-13-14-18-22(21)24(26)28-20-16-12-10-8-6-4-2;1-2-3-4-5-6-7-8-11-14-22-18(21)16-13-10-9-12-15(16)17(19)20/h11-12,17-18,21-22H,5-10,13-16,19-20H2,1-4H3;13-14,17-18H,3-12,15-16,19-20H2,1-2H3;9-10,12-13H,2-8,11,14H2,1H3,(H,19,20). The Bertz CT molecular complexity index is 1990. The predicted molar refractivity (Wildman–Crippen MR) is 323 cm³/mol. The first-order valence-electron chi connectivity index (χ1n) is 31.1. The van der Waals surface area contributed by atoms with Gasteiger partial charge >= 0.3 is 35.8 Å². The Morgan fingerprint density at radius 1 is 0.300 bits per heavy atom. The lowest BCUT2D eigenvalue weighted by molar-refractivity contribution is 0.0450. The minimum absolute atomic E-state index is 0.0107. The third kappa shape index (κ3) is 36.7. The zero-order valence-corrected chi connectivity index (χ0v) is 50.8. The Balaban J connectivity index is 0.000000607. The molecule has 0 saturated carbocycles. The summed E-state index contributed by atoms with van der Waals surface area (Å²) in [6.45, 7) is 17.4. The zero-order chi connectivity index (χ0) is 58.9. The van der Waals surface area contributed by atoms with Gasteiger partial charge in [-0.1, -0.05) is 245 Å². The summed E-state index contributed by atoms with van der Waals surface area (Å²) in [5, 5.41) is 9.04. The number of benzene rings is 3. The molecule has 3 aromatic rings. The number of esters is 5. The van der Waals surface area contributed by atoms with Crippen molar-refractivity contribution in [1.29, 1.82) is 0 Å². The first kappa shape index (κ1) is 72.5. The molecule has 0 saturated heterocycles. The Morgan fingerprint density at radius 3 is 0.700 bits per heavy atom. The average molecular weight is 1120 g/mol. The van der Waals surface area contributed by atoms with Crippen LogP contribution >= 0.6 is 0 Å². The van der Waals surface area contributed by atoms with E-state index in [2.05, 4.69) is 48.5 Å². The van der Waals surface area contributed by atoms with E-state index in [4.69, 9.17) is 28.8 Å². The van der Waals surface area contributed by atoms with Crippen LogP contribution in [0.5, 0.6) is 0 Å². The number of unbranched alkanes of at least 4 members (excludes halogenated alkanes) is 23. The molecule has 0 aliphatic heterocycles. The third-order valence-electron chi connectivity index (χ3n) is 13.6. The molecule has 0 aromatic heterocycles. The minimum atomic E-state index is -1.11. The Hall–Kier alpha value is -5.52. The van der Waals surface area contributed by atoms with Gasteiger partial charge in [-0.2, -0.15) is 0 Å². The smallest absolute Gasteiger partial charge is 0.339 e. The lowest BCUT2D eigenvalue weighted by atomic mass is 10.0. The highest BCUT2D eigenvalue weighted by atomic mass is 16.5. The molecular weight excluding hydrogens is 1010 g/mol. The molecule has 80 heavy (non-hydrogen) atoms. The van der Waals surface area contributed by atoms with Gasteiger partial charge in [0, 0.05) is 0 Å². The maximum Gasteiger partial charge on any atom is 0.339 e.